The van der Waals surface area contributed by atoms with E-state index in [9.17, 15) is 9.59 Å². The number of hydrogen-bond acceptors (Lipinski definition) is 7. The minimum absolute atomic E-state index is 0.241. The van der Waals surface area contributed by atoms with Crippen LogP contribution in [0.5, 0.6) is 17.2 Å². The van der Waals surface area contributed by atoms with Crippen LogP contribution in [0, 0.1) is 6.92 Å². The van der Waals surface area contributed by atoms with E-state index in [0.717, 1.165) is 16.9 Å². The van der Waals surface area contributed by atoms with Crippen molar-refractivity contribution in [2.24, 2.45) is 4.99 Å². The smallest absolute Gasteiger partial charge is 0.343 e. The summed E-state index contributed by atoms with van der Waals surface area (Å²) in [6, 6.07) is 19.5. The molecule has 1 aliphatic rings. The van der Waals surface area contributed by atoms with Crippen LogP contribution in [-0.2, 0) is 4.79 Å². The maximum Gasteiger partial charge on any atom is 0.343 e. The molecule has 7 nitrogen and oxygen atoms in total. The van der Waals surface area contributed by atoms with Crippen LogP contribution in [0.3, 0.4) is 0 Å². The molecule has 0 aliphatic carbocycles. The lowest BCUT2D eigenvalue weighted by molar-refractivity contribution is -0.115. The number of hydrogen-bond donors (Lipinski definition) is 1. The van der Waals surface area contributed by atoms with Crippen molar-refractivity contribution < 1.29 is 23.8 Å². The Bertz CT molecular complexity index is 1300. The van der Waals surface area contributed by atoms with Crippen LogP contribution in [0.1, 0.15) is 28.4 Å². The predicted octanol–water partition coefficient (Wildman–Crippen LogP) is 5.51. The lowest BCUT2D eigenvalue weighted by Gasteiger charge is -2.11. The molecular weight excluding hydrogens is 464 g/mol. The Labute approximate surface area is 207 Å². The van der Waals surface area contributed by atoms with Gasteiger partial charge in [-0.2, -0.15) is 0 Å². The summed E-state index contributed by atoms with van der Waals surface area (Å²) in [7, 11) is 1.60. The molecule has 0 saturated carbocycles. The number of ether oxygens (including phenoxy) is 3. The number of esters is 1. The molecule has 3 aromatic carbocycles. The fourth-order valence-electron chi connectivity index (χ4n) is 3.22. The zero-order chi connectivity index (χ0) is 24.8. The summed E-state index contributed by atoms with van der Waals surface area (Å²) in [5, 5.41) is 3.26. The molecule has 1 aliphatic heterocycles. The predicted molar refractivity (Wildman–Crippen MR) is 138 cm³/mol. The average Bonchev–Trinajstić information content (AvgIpc) is 3.20. The van der Waals surface area contributed by atoms with Gasteiger partial charge in [-0.25, -0.2) is 9.79 Å². The molecule has 0 bridgehead atoms. The summed E-state index contributed by atoms with van der Waals surface area (Å²) >= 11 is 1.24. The van der Waals surface area contributed by atoms with E-state index in [4.69, 9.17) is 14.2 Å². The molecule has 1 amide bonds. The number of methoxy groups -OCH3 is 1. The Balaban J connectivity index is 1.52. The van der Waals surface area contributed by atoms with Crippen LogP contribution in [0.25, 0.3) is 6.08 Å². The van der Waals surface area contributed by atoms with Crippen LogP contribution < -0.4 is 19.5 Å². The summed E-state index contributed by atoms with van der Waals surface area (Å²) in [6.07, 6.45) is 1.74. The molecule has 1 fully saturated rings. The van der Waals surface area contributed by atoms with Gasteiger partial charge in [-0.15, -0.1) is 0 Å². The van der Waals surface area contributed by atoms with Crippen molar-refractivity contribution in [3.8, 4) is 17.2 Å². The van der Waals surface area contributed by atoms with Crippen LogP contribution in [0.4, 0.5) is 5.69 Å². The number of aryl methyl sites for hydroxylation is 1. The Kier molecular flexibility index (Phi) is 7.52. The van der Waals surface area contributed by atoms with Crippen molar-refractivity contribution in [2.45, 2.75) is 13.8 Å². The molecule has 0 atom stereocenters. The first-order valence-corrected chi connectivity index (χ1v) is 11.8. The zero-order valence-electron chi connectivity index (χ0n) is 19.5. The molecule has 35 heavy (non-hydrogen) atoms. The Morgan fingerprint density at radius 1 is 1.03 bits per heavy atom. The third-order valence-electron chi connectivity index (χ3n) is 5.01. The standard InChI is InChI=1S/C27H24N2O5S/c1-4-33-23-15-18(7-14-22(23)34-26(31)19-8-5-17(2)6-9-19)16-24-25(30)29-27(35-24)28-20-10-12-21(32-3)13-11-20/h5-16H,4H2,1-3H3,(H,28,29,30)/b24-16-. The van der Waals surface area contributed by atoms with Gasteiger partial charge in [0.05, 0.1) is 29.9 Å². The van der Waals surface area contributed by atoms with Gasteiger partial charge in [0.1, 0.15) is 5.75 Å². The second-order valence-electron chi connectivity index (χ2n) is 7.57. The number of nitrogens with one attached hydrogen (secondary N) is 1. The van der Waals surface area contributed by atoms with Crippen LogP contribution in [0.2, 0.25) is 0 Å². The number of rotatable bonds is 7. The summed E-state index contributed by atoms with van der Waals surface area (Å²) in [6.45, 7) is 4.19. The van der Waals surface area contributed by atoms with Crippen molar-refractivity contribution in [3.63, 3.8) is 0 Å². The average molecular weight is 489 g/mol. The second kappa shape index (κ2) is 10.9. The fraction of sp³-hybridized carbons (Fsp3) is 0.148. The van der Waals surface area contributed by atoms with E-state index in [2.05, 4.69) is 10.3 Å². The minimum Gasteiger partial charge on any atom is -0.497 e. The molecule has 1 heterocycles. The highest BCUT2D eigenvalue weighted by atomic mass is 32.2. The number of carbonyl (C=O) groups excluding carboxylic acids is 2. The largest absolute Gasteiger partial charge is 0.497 e. The summed E-state index contributed by atoms with van der Waals surface area (Å²) < 4.78 is 16.4. The molecule has 4 rings (SSSR count). The molecule has 0 aromatic heterocycles. The van der Waals surface area contributed by atoms with Crippen molar-refractivity contribution in [2.75, 3.05) is 13.7 Å². The van der Waals surface area contributed by atoms with E-state index in [1.54, 1.807) is 55.7 Å². The van der Waals surface area contributed by atoms with Crippen molar-refractivity contribution >= 4 is 40.6 Å². The quantitative estimate of drug-likeness (QED) is 0.268. The van der Waals surface area contributed by atoms with Gasteiger partial charge in [0, 0.05) is 0 Å². The lowest BCUT2D eigenvalue weighted by atomic mass is 10.1. The number of carbonyl (C=O) groups is 2. The molecule has 8 heteroatoms. The Morgan fingerprint density at radius 2 is 1.77 bits per heavy atom. The maximum absolute atomic E-state index is 12.5. The van der Waals surface area contributed by atoms with E-state index >= 15 is 0 Å². The third kappa shape index (κ3) is 6.10. The van der Waals surface area contributed by atoms with E-state index in [0.29, 0.717) is 39.4 Å². The molecule has 0 unspecified atom stereocenters. The first kappa shape index (κ1) is 24.1. The van der Waals surface area contributed by atoms with Gasteiger partial charge in [-0.1, -0.05) is 23.8 Å². The molecule has 0 spiro atoms. The number of benzene rings is 3. The first-order valence-electron chi connectivity index (χ1n) is 10.9. The maximum atomic E-state index is 12.5. The van der Waals surface area contributed by atoms with Gasteiger partial charge in [-0.3, -0.25) is 4.79 Å². The Morgan fingerprint density at radius 3 is 2.46 bits per heavy atom. The van der Waals surface area contributed by atoms with Crippen LogP contribution in [0.15, 0.2) is 76.6 Å². The van der Waals surface area contributed by atoms with Gasteiger partial charge in [-0.05, 0) is 85.8 Å². The van der Waals surface area contributed by atoms with Crippen LogP contribution >= 0.6 is 11.8 Å². The van der Waals surface area contributed by atoms with E-state index in [1.165, 1.54) is 11.8 Å². The SMILES string of the molecule is CCOc1cc(/C=C2\SC(=Nc3ccc(OC)cc3)NC2=O)ccc1OC(=O)c1ccc(C)cc1. The number of aliphatic imine (C=N–C) groups is 1. The van der Waals surface area contributed by atoms with Gasteiger partial charge < -0.3 is 19.5 Å². The lowest BCUT2D eigenvalue weighted by Crippen LogP contribution is -2.19. The topological polar surface area (TPSA) is 86.2 Å². The van der Waals surface area contributed by atoms with Gasteiger partial charge in [0.15, 0.2) is 16.7 Å². The van der Waals surface area contributed by atoms with E-state index in [-0.39, 0.29) is 5.91 Å². The molecule has 1 N–H and O–H groups in total. The summed E-state index contributed by atoms with van der Waals surface area (Å²) in [5.74, 6) is 0.746. The highest BCUT2D eigenvalue weighted by Gasteiger charge is 2.24. The monoisotopic (exact) mass is 488 g/mol. The Hall–Kier alpha value is -4.04. The normalized spacial score (nSPS) is 15.2. The molecule has 178 valence electrons. The number of thioether (sulfide) groups is 1. The number of nitrogens with zero attached hydrogens (tertiary/aromatic N) is 1. The molecule has 3 aromatic rings. The first-order chi connectivity index (χ1) is 16.9. The fourth-order valence-corrected chi connectivity index (χ4v) is 4.06. The van der Waals surface area contributed by atoms with Gasteiger partial charge >= 0.3 is 5.97 Å². The van der Waals surface area contributed by atoms with Crippen LogP contribution in [-0.4, -0.2) is 30.8 Å². The number of amides is 1. The molecule has 0 radical (unpaired) electrons. The highest BCUT2D eigenvalue weighted by Crippen LogP contribution is 2.33. The van der Waals surface area contributed by atoms with Gasteiger partial charge in [0.2, 0.25) is 0 Å². The van der Waals surface area contributed by atoms with Crippen molar-refractivity contribution in [1.82, 2.24) is 5.32 Å². The van der Waals surface area contributed by atoms with Gasteiger partial charge in [0.25, 0.3) is 5.91 Å². The highest BCUT2D eigenvalue weighted by molar-refractivity contribution is 8.18. The van der Waals surface area contributed by atoms with Crippen molar-refractivity contribution in [3.05, 3.63) is 88.3 Å². The summed E-state index contributed by atoms with van der Waals surface area (Å²) in [4.78, 5) is 30.0. The number of amidine groups is 1. The summed E-state index contributed by atoms with van der Waals surface area (Å²) in [5.41, 5.74) is 2.94. The third-order valence-corrected chi connectivity index (χ3v) is 5.92. The molecule has 1 saturated heterocycles. The molecular formula is C27H24N2O5S. The zero-order valence-corrected chi connectivity index (χ0v) is 20.3. The second-order valence-corrected chi connectivity index (χ2v) is 8.61. The minimum atomic E-state index is -0.470. The van der Waals surface area contributed by atoms with Crippen molar-refractivity contribution in [1.29, 1.82) is 0 Å². The van der Waals surface area contributed by atoms with E-state index in [1.807, 2.05) is 38.1 Å². The van der Waals surface area contributed by atoms with E-state index < -0.39 is 5.97 Å².